The highest BCUT2D eigenvalue weighted by atomic mass is 79.9. The van der Waals surface area contributed by atoms with Gasteiger partial charge in [0.25, 0.3) is 0 Å². The molecule has 2 aliphatic heterocycles. The van der Waals surface area contributed by atoms with Gasteiger partial charge in [-0.05, 0) is 59.3 Å². The molecule has 0 radical (unpaired) electrons. The van der Waals surface area contributed by atoms with Crippen LogP contribution in [0, 0.1) is 11.7 Å². The van der Waals surface area contributed by atoms with Crippen molar-refractivity contribution in [3.05, 3.63) is 28.5 Å². The van der Waals surface area contributed by atoms with Crippen molar-refractivity contribution in [3.63, 3.8) is 0 Å². The second-order valence-electron chi connectivity index (χ2n) is 6.21. The lowest BCUT2D eigenvalue weighted by atomic mass is 9.76. The maximum Gasteiger partial charge on any atom is 0.240 e. The third-order valence-electron chi connectivity index (χ3n) is 4.78. The molecule has 2 bridgehead atoms. The lowest BCUT2D eigenvalue weighted by Crippen LogP contribution is -2.60. The van der Waals surface area contributed by atoms with Gasteiger partial charge in [0.05, 0.1) is 9.37 Å². The summed E-state index contributed by atoms with van der Waals surface area (Å²) in [6.45, 7) is 0.512. The van der Waals surface area contributed by atoms with E-state index in [1.165, 1.54) is 12.1 Å². The highest BCUT2D eigenvalue weighted by Crippen LogP contribution is 2.36. The summed E-state index contributed by atoms with van der Waals surface area (Å²) in [6.07, 6.45) is 2.28. The molecule has 3 unspecified atom stereocenters. The molecule has 0 spiro atoms. The maximum absolute atomic E-state index is 13.6. The number of fused-ring (bicyclic) bond motifs is 3. The Morgan fingerprint density at radius 3 is 2.75 bits per heavy atom. The van der Waals surface area contributed by atoms with Crippen molar-refractivity contribution in [1.29, 1.82) is 0 Å². The Bertz CT molecular complexity index is 761. The molecular formula is C15H17BrClFN2O3S. The predicted molar refractivity (Wildman–Crippen MR) is 91.8 cm³/mol. The Kier molecular flexibility index (Phi) is 5.20. The summed E-state index contributed by atoms with van der Waals surface area (Å²) in [5.41, 5.74) is 0. The van der Waals surface area contributed by atoms with Crippen molar-refractivity contribution in [1.82, 2.24) is 9.62 Å². The number of hydrogen-bond acceptors (Lipinski definition) is 3. The van der Waals surface area contributed by atoms with Crippen LogP contribution in [-0.2, 0) is 14.8 Å². The second-order valence-corrected chi connectivity index (χ2v) is 9.05. The van der Waals surface area contributed by atoms with Crippen LogP contribution in [0.5, 0.6) is 0 Å². The van der Waals surface area contributed by atoms with Gasteiger partial charge >= 0.3 is 0 Å². The largest absolute Gasteiger partial charge is 0.338 e. The van der Waals surface area contributed by atoms with Gasteiger partial charge in [0, 0.05) is 18.6 Å². The number of carbonyl (C=O) groups excluding carboxylic acids is 1. The zero-order valence-corrected chi connectivity index (χ0v) is 15.9. The first-order valence-electron chi connectivity index (χ1n) is 7.64. The van der Waals surface area contributed by atoms with Crippen molar-refractivity contribution in [2.75, 3.05) is 12.4 Å². The lowest BCUT2D eigenvalue weighted by Gasteiger charge is -2.49. The van der Waals surface area contributed by atoms with E-state index in [1.807, 2.05) is 0 Å². The van der Waals surface area contributed by atoms with Crippen molar-refractivity contribution in [2.45, 2.75) is 36.2 Å². The topological polar surface area (TPSA) is 66.5 Å². The van der Waals surface area contributed by atoms with Gasteiger partial charge in [0.15, 0.2) is 0 Å². The van der Waals surface area contributed by atoms with Crippen molar-refractivity contribution in [3.8, 4) is 0 Å². The van der Waals surface area contributed by atoms with Crippen LogP contribution in [-0.4, -0.2) is 43.7 Å². The van der Waals surface area contributed by atoms with E-state index >= 15 is 0 Å². The predicted octanol–water partition coefficient (Wildman–Crippen LogP) is 2.48. The molecule has 2 saturated heterocycles. The maximum atomic E-state index is 13.6. The molecule has 132 valence electrons. The van der Waals surface area contributed by atoms with E-state index < -0.39 is 15.8 Å². The molecular weight excluding hydrogens is 423 g/mol. The molecule has 1 aromatic rings. The van der Waals surface area contributed by atoms with E-state index in [1.54, 1.807) is 4.90 Å². The Morgan fingerprint density at radius 1 is 1.42 bits per heavy atom. The van der Waals surface area contributed by atoms with Crippen molar-refractivity contribution >= 4 is 43.5 Å². The smallest absolute Gasteiger partial charge is 0.240 e. The first kappa shape index (κ1) is 18.1. The number of hydrogen-bond donors (Lipinski definition) is 1. The number of piperidine rings is 2. The Morgan fingerprint density at radius 2 is 2.17 bits per heavy atom. The van der Waals surface area contributed by atoms with E-state index in [2.05, 4.69) is 20.7 Å². The van der Waals surface area contributed by atoms with Gasteiger partial charge in [0.1, 0.15) is 11.7 Å². The summed E-state index contributed by atoms with van der Waals surface area (Å²) in [6, 6.07) is 3.49. The fraction of sp³-hybridized carbons (Fsp3) is 0.533. The summed E-state index contributed by atoms with van der Waals surface area (Å²) in [5.74, 6) is -0.737. The molecule has 9 heteroatoms. The van der Waals surface area contributed by atoms with E-state index in [9.17, 15) is 17.6 Å². The number of alkyl halides is 1. The molecule has 1 N–H and O–H groups in total. The number of carbonyl (C=O) groups is 1. The first-order chi connectivity index (χ1) is 11.3. The van der Waals surface area contributed by atoms with Crippen LogP contribution < -0.4 is 4.72 Å². The molecule has 1 saturated carbocycles. The van der Waals surface area contributed by atoms with Crippen LogP contribution in [0.4, 0.5) is 4.39 Å². The van der Waals surface area contributed by atoms with E-state index in [0.29, 0.717) is 13.0 Å². The fourth-order valence-corrected chi connectivity index (χ4v) is 5.28. The summed E-state index contributed by atoms with van der Waals surface area (Å²) in [4.78, 5) is 13.5. The van der Waals surface area contributed by atoms with Gasteiger partial charge in [-0.3, -0.25) is 4.79 Å². The van der Waals surface area contributed by atoms with Gasteiger partial charge in [0.2, 0.25) is 15.9 Å². The highest BCUT2D eigenvalue weighted by Gasteiger charge is 2.43. The highest BCUT2D eigenvalue weighted by molar-refractivity contribution is 9.10. The molecule has 4 rings (SSSR count). The normalized spacial score (nSPS) is 26.6. The summed E-state index contributed by atoms with van der Waals surface area (Å²) < 4.78 is 41.6. The van der Waals surface area contributed by atoms with Crippen LogP contribution in [0.15, 0.2) is 27.6 Å². The Balaban J connectivity index is 1.75. The molecule has 5 nitrogen and oxygen atoms in total. The van der Waals surface area contributed by atoms with Gasteiger partial charge in [-0.25, -0.2) is 17.5 Å². The third-order valence-corrected chi connectivity index (χ3v) is 7.14. The zero-order chi connectivity index (χ0) is 17.5. The lowest BCUT2D eigenvalue weighted by molar-refractivity contribution is -0.136. The third kappa shape index (κ3) is 3.47. The summed E-state index contributed by atoms with van der Waals surface area (Å²) in [5, 5.41) is 0. The number of halogens is 3. The molecule has 2 heterocycles. The SMILES string of the molecule is O=C(CCl)N1CC2CCC1CC2NS(=O)(=O)c1ccc(Br)c(F)c1. The molecule has 3 aliphatic rings. The van der Waals surface area contributed by atoms with Crippen LogP contribution >= 0.6 is 27.5 Å². The first-order valence-corrected chi connectivity index (χ1v) is 10.5. The molecule has 3 atom stereocenters. The summed E-state index contributed by atoms with van der Waals surface area (Å²) in [7, 11) is -3.81. The van der Waals surface area contributed by atoms with Crippen LogP contribution in [0.2, 0.25) is 0 Å². The van der Waals surface area contributed by atoms with Crippen LogP contribution in [0.1, 0.15) is 19.3 Å². The monoisotopic (exact) mass is 438 g/mol. The minimum Gasteiger partial charge on any atom is -0.338 e. The van der Waals surface area contributed by atoms with E-state index in [4.69, 9.17) is 11.6 Å². The molecule has 24 heavy (non-hydrogen) atoms. The van der Waals surface area contributed by atoms with Gasteiger partial charge in [-0.15, -0.1) is 11.6 Å². The number of rotatable bonds is 4. The number of nitrogens with one attached hydrogen (secondary N) is 1. The van der Waals surface area contributed by atoms with E-state index in [-0.39, 0.29) is 39.2 Å². The minimum absolute atomic E-state index is 0.00982. The van der Waals surface area contributed by atoms with Gasteiger partial charge in [-0.2, -0.15) is 0 Å². The average molecular weight is 440 g/mol. The standard InChI is InChI=1S/C15H17BrClFN2O3S/c16-12-4-3-11(6-13(12)18)24(22,23)19-14-5-10-2-1-9(14)8-20(10)15(21)7-17/h3-4,6,9-10,14,19H,1-2,5,7-8H2. The minimum atomic E-state index is -3.81. The number of sulfonamides is 1. The quantitative estimate of drug-likeness (QED) is 0.733. The van der Waals surface area contributed by atoms with Crippen LogP contribution in [0.25, 0.3) is 0 Å². The Labute approximate surface area is 153 Å². The average Bonchev–Trinajstić information content (AvgIpc) is 2.56. The van der Waals surface area contributed by atoms with E-state index in [0.717, 1.165) is 18.9 Å². The number of nitrogens with zero attached hydrogens (tertiary/aromatic N) is 1. The zero-order valence-electron chi connectivity index (χ0n) is 12.7. The number of amides is 1. The molecule has 1 aromatic carbocycles. The van der Waals surface area contributed by atoms with Crippen molar-refractivity contribution in [2.24, 2.45) is 5.92 Å². The van der Waals surface area contributed by atoms with Crippen LogP contribution in [0.3, 0.4) is 0 Å². The number of benzene rings is 1. The molecule has 0 aromatic heterocycles. The Hall–Kier alpha value is -0.700. The second kappa shape index (κ2) is 6.90. The van der Waals surface area contributed by atoms with Crippen molar-refractivity contribution < 1.29 is 17.6 Å². The summed E-state index contributed by atoms with van der Waals surface area (Å²) >= 11 is 8.64. The van der Waals surface area contributed by atoms with Gasteiger partial charge < -0.3 is 4.90 Å². The molecule has 1 amide bonds. The van der Waals surface area contributed by atoms with Gasteiger partial charge in [-0.1, -0.05) is 0 Å². The molecule has 1 aliphatic carbocycles. The molecule has 3 fully saturated rings. The fourth-order valence-electron chi connectivity index (χ4n) is 3.55.